The van der Waals surface area contributed by atoms with E-state index in [-0.39, 0.29) is 18.3 Å². The van der Waals surface area contributed by atoms with E-state index in [0.29, 0.717) is 19.1 Å². The Labute approximate surface area is 114 Å². The highest BCUT2D eigenvalue weighted by atomic mass is 19.4. The molecule has 1 atom stereocenters. The second-order valence-corrected chi connectivity index (χ2v) is 6.36. The Morgan fingerprint density at radius 1 is 1.21 bits per heavy atom. The second kappa shape index (κ2) is 6.44. The van der Waals surface area contributed by atoms with E-state index in [1.807, 2.05) is 0 Å². The molecule has 1 saturated heterocycles. The second-order valence-electron chi connectivity index (χ2n) is 6.36. The Balaban J connectivity index is 2.44. The molecule has 0 radical (unpaired) electrons. The lowest BCUT2D eigenvalue weighted by molar-refractivity contribution is -0.185. The number of hydrogen-bond acceptors (Lipinski definition) is 2. The number of likely N-dealkylation sites (tertiary alicyclic amines) is 1. The minimum Gasteiger partial charge on any atom is -0.314 e. The van der Waals surface area contributed by atoms with Crippen LogP contribution in [0.1, 0.15) is 40.5 Å². The summed E-state index contributed by atoms with van der Waals surface area (Å²) in [5.74, 6) is -1.10. The van der Waals surface area contributed by atoms with Crippen LogP contribution in [0.2, 0.25) is 0 Å². The molecule has 0 bridgehead atoms. The lowest BCUT2D eigenvalue weighted by Gasteiger charge is -2.40. The summed E-state index contributed by atoms with van der Waals surface area (Å²) in [6.45, 7) is 11.5. The molecule has 114 valence electrons. The van der Waals surface area contributed by atoms with Crippen LogP contribution in [-0.2, 0) is 0 Å². The van der Waals surface area contributed by atoms with Gasteiger partial charge in [-0.15, -0.1) is 0 Å². The summed E-state index contributed by atoms with van der Waals surface area (Å²) in [4.78, 5) is 2.18. The Morgan fingerprint density at radius 3 is 2.16 bits per heavy atom. The number of piperidine rings is 1. The van der Waals surface area contributed by atoms with E-state index in [9.17, 15) is 13.2 Å². The Kier molecular flexibility index (Phi) is 5.68. The molecule has 0 aromatic rings. The number of halogens is 3. The van der Waals surface area contributed by atoms with Crippen molar-refractivity contribution >= 4 is 0 Å². The number of hydrogen-bond donors (Lipinski definition) is 1. The van der Waals surface area contributed by atoms with Crippen LogP contribution in [0.15, 0.2) is 0 Å². The molecule has 0 saturated carbocycles. The minimum atomic E-state index is -4.02. The molecule has 0 amide bonds. The summed E-state index contributed by atoms with van der Waals surface area (Å²) < 4.78 is 37.8. The van der Waals surface area contributed by atoms with Crippen LogP contribution in [0.4, 0.5) is 13.2 Å². The molecule has 0 aromatic carbocycles. The molecule has 1 aliphatic rings. The zero-order chi connectivity index (χ0) is 14.7. The van der Waals surface area contributed by atoms with Crippen LogP contribution < -0.4 is 5.32 Å². The summed E-state index contributed by atoms with van der Waals surface area (Å²) in [7, 11) is 0. The van der Waals surface area contributed by atoms with Crippen molar-refractivity contribution < 1.29 is 13.2 Å². The van der Waals surface area contributed by atoms with E-state index in [1.54, 1.807) is 0 Å². The maximum atomic E-state index is 12.6. The van der Waals surface area contributed by atoms with Crippen molar-refractivity contribution in [1.82, 2.24) is 10.2 Å². The van der Waals surface area contributed by atoms with Crippen molar-refractivity contribution in [3.8, 4) is 0 Å². The van der Waals surface area contributed by atoms with E-state index < -0.39 is 12.1 Å². The standard InChI is InChI=1S/C14H27F3N2/c1-5-18-11(2)13(3,4)10-19-8-6-12(7-9-19)14(15,16)17/h11-12,18H,5-10H2,1-4H3. The topological polar surface area (TPSA) is 15.3 Å². The third-order valence-electron chi connectivity index (χ3n) is 4.36. The van der Waals surface area contributed by atoms with E-state index in [4.69, 9.17) is 0 Å². The summed E-state index contributed by atoms with van der Waals surface area (Å²) in [5, 5.41) is 3.40. The highest BCUT2D eigenvalue weighted by Crippen LogP contribution is 2.35. The number of alkyl halides is 3. The molecule has 0 aliphatic carbocycles. The molecular formula is C14H27F3N2. The van der Waals surface area contributed by atoms with Gasteiger partial charge in [-0.1, -0.05) is 20.8 Å². The minimum absolute atomic E-state index is 0.0705. The van der Waals surface area contributed by atoms with Crippen molar-refractivity contribution in [2.24, 2.45) is 11.3 Å². The van der Waals surface area contributed by atoms with Gasteiger partial charge in [0.05, 0.1) is 5.92 Å². The van der Waals surface area contributed by atoms with Gasteiger partial charge in [0.25, 0.3) is 0 Å². The lowest BCUT2D eigenvalue weighted by Crippen LogP contribution is -2.49. The van der Waals surface area contributed by atoms with Crippen LogP contribution >= 0.6 is 0 Å². The van der Waals surface area contributed by atoms with Crippen molar-refractivity contribution in [3.05, 3.63) is 0 Å². The van der Waals surface area contributed by atoms with Crippen molar-refractivity contribution in [2.45, 2.75) is 52.8 Å². The van der Waals surface area contributed by atoms with Gasteiger partial charge < -0.3 is 10.2 Å². The predicted octanol–water partition coefficient (Wildman–Crippen LogP) is 3.28. The molecule has 1 fully saturated rings. The largest absolute Gasteiger partial charge is 0.391 e. The van der Waals surface area contributed by atoms with Gasteiger partial charge in [0.2, 0.25) is 0 Å². The smallest absolute Gasteiger partial charge is 0.314 e. The van der Waals surface area contributed by atoms with Gasteiger partial charge in [0.15, 0.2) is 0 Å². The van der Waals surface area contributed by atoms with Gasteiger partial charge in [0, 0.05) is 12.6 Å². The molecule has 0 aromatic heterocycles. The molecular weight excluding hydrogens is 253 g/mol. The molecule has 1 heterocycles. The number of nitrogens with zero attached hydrogens (tertiary/aromatic N) is 1. The van der Waals surface area contributed by atoms with E-state index in [0.717, 1.165) is 13.1 Å². The van der Waals surface area contributed by atoms with E-state index >= 15 is 0 Å². The fourth-order valence-electron chi connectivity index (χ4n) is 2.71. The van der Waals surface area contributed by atoms with Crippen LogP contribution in [0.3, 0.4) is 0 Å². The predicted molar refractivity (Wildman–Crippen MR) is 72.1 cm³/mol. The van der Waals surface area contributed by atoms with E-state index in [1.165, 1.54) is 0 Å². The molecule has 2 nitrogen and oxygen atoms in total. The van der Waals surface area contributed by atoms with Crippen LogP contribution in [-0.4, -0.2) is 43.3 Å². The van der Waals surface area contributed by atoms with Gasteiger partial charge >= 0.3 is 6.18 Å². The summed E-state index contributed by atoms with van der Waals surface area (Å²) in [5.41, 5.74) is 0.0705. The molecule has 1 aliphatic heterocycles. The number of rotatable bonds is 5. The first-order valence-electron chi connectivity index (χ1n) is 7.19. The fourth-order valence-corrected chi connectivity index (χ4v) is 2.71. The van der Waals surface area contributed by atoms with Crippen molar-refractivity contribution in [3.63, 3.8) is 0 Å². The van der Waals surface area contributed by atoms with Gasteiger partial charge in [-0.25, -0.2) is 0 Å². The summed E-state index contributed by atoms with van der Waals surface area (Å²) in [6, 6.07) is 0.359. The lowest BCUT2D eigenvalue weighted by atomic mass is 9.83. The third-order valence-corrected chi connectivity index (χ3v) is 4.36. The van der Waals surface area contributed by atoms with Gasteiger partial charge in [-0.3, -0.25) is 0 Å². The maximum Gasteiger partial charge on any atom is 0.391 e. The van der Waals surface area contributed by atoms with Gasteiger partial charge in [-0.2, -0.15) is 13.2 Å². The molecule has 1 N–H and O–H groups in total. The van der Waals surface area contributed by atoms with Crippen LogP contribution in [0, 0.1) is 11.3 Å². The van der Waals surface area contributed by atoms with Crippen molar-refractivity contribution in [1.29, 1.82) is 0 Å². The van der Waals surface area contributed by atoms with E-state index in [2.05, 4.69) is 37.9 Å². The summed E-state index contributed by atoms with van der Waals surface area (Å²) in [6.07, 6.45) is -3.52. The first kappa shape index (κ1) is 16.8. The Hall–Kier alpha value is -0.290. The van der Waals surface area contributed by atoms with Crippen LogP contribution in [0.25, 0.3) is 0 Å². The zero-order valence-corrected chi connectivity index (χ0v) is 12.5. The SMILES string of the molecule is CCNC(C)C(C)(C)CN1CCC(C(F)(F)F)CC1. The van der Waals surface area contributed by atoms with Gasteiger partial charge in [-0.05, 0) is 44.8 Å². The van der Waals surface area contributed by atoms with Crippen LogP contribution in [0.5, 0.6) is 0 Å². The average Bonchev–Trinajstić information content (AvgIpc) is 2.28. The quantitative estimate of drug-likeness (QED) is 0.831. The molecule has 1 rings (SSSR count). The first-order chi connectivity index (χ1) is 8.66. The molecule has 1 unspecified atom stereocenters. The Bertz CT molecular complexity index is 268. The summed E-state index contributed by atoms with van der Waals surface area (Å²) >= 11 is 0. The zero-order valence-electron chi connectivity index (χ0n) is 12.5. The normalized spacial score (nSPS) is 21.6. The third kappa shape index (κ3) is 4.95. The Morgan fingerprint density at radius 2 is 1.74 bits per heavy atom. The average molecular weight is 280 g/mol. The molecule has 5 heteroatoms. The fraction of sp³-hybridized carbons (Fsp3) is 1.00. The molecule has 19 heavy (non-hydrogen) atoms. The maximum absolute atomic E-state index is 12.6. The first-order valence-corrected chi connectivity index (χ1v) is 7.19. The van der Waals surface area contributed by atoms with Crippen molar-refractivity contribution in [2.75, 3.05) is 26.2 Å². The van der Waals surface area contributed by atoms with Gasteiger partial charge in [0.1, 0.15) is 0 Å². The highest BCUT2D eigenvalue weighted by Gasteiger charge is 2.41. The highest BCUT2D eigenvalue weighted by molar-refractivity contribution is 4.86. The number of nitrogens with one attached hydrogen (secondary N) is 1. The monoisotopic (exact) mass is 280 g/mol. The molecule has 0 spiro atoms.